The summed E-state index contributed by atoms with van der Waals surface area (Å²) in [5.74, 6) is -1.20. The highest BCUT2D eigenvalue weighted by atomic mass is 35.5. The number of aromatic nitrogens is 3. The van der Waals surface area contributed by atoms with E-state index in [1.807, 2.05) is 13.8 Å². The summed E-state index contributed by atoms with van der Waals surface area (Å²) in [7, 11) is 1.55. The van der Waals surface area contributed by atoms with Gasteiger partial charge in [-0.2, -0.15) is 0 Å². The van der Waals surface area contributed by atoms with E-state index in [0.29, 0.717) is 33.8 Å². The van der Waals surface area contributed by atoms with Crippen LogP contribution in [0.5, 0.6) is 17.2 Å². The first-order chi connectivity index (χ1) is 22.5. The van der Waals surface area contributed by atoms with Crippen LogP contribution < -0.4 is 26.1 Å². The van der Waals surface area contributed by atoms with E-state index in [9.17, 15) is 14.4 Å². The SMILES string of the molecule is COc1ccc2c(Oc3ccc(NC(=O)c4c(C)n(CC(C)OC(=O)C(N)C(C)C)n(-c5ccccc5)c4=O)cc3F)ccnc2c1.Cl. The number of ether oxygens (including phenoxy) is 3. The Balaban J connectivity index is 0.00000520. The van der Waals surface area contributed by atoms with Crippen molar-refractivity contribution in [3.8, 4) is 22.9 Å². The Bertz CT molecular complexity index is 2000. The zero-order chi connectivity index (χ0) is 33.8. The van der Waals surface area contributed by atoms with Crippen molar-refractivity contribution in [2.45, 2.75) is 46.4 Å². The minimum atomic E-state index is -0.800. The lowest BCUT2D eigenvalue weighted by atomic mass is 10.1. The molecule has 0 spiro atoms. The summed E-state index contributed by atoms with van der Waals surface area (Å²) in [5, 5.41) is 3.29. The van der Waals surface area contributed by atoms with Crippen LogP contribution in [0, 0.1) is 18.7 Å². The van der Waals surface area contributed by atoms with Gasteiger partial charge in [0.25, 0.3) is 11.5 Å². The van der Waals surface area contributed by atoms with E-state index >= 15 is 4.39 Å². The quantitative estimate of drug-likeness (QED) is 0.162. The fraction of sp³-hybridized carbons (Fsp3) is 0.257. The Labute approximate surface area is 282 Å². The number of carbonyl (C=O) groups is 2. The van der Waals surface area contributed by atoms with Gasteiger partial charge in [0, 0.05) is 29.4 Å². The topological polar surface area (TPSA) is 140 Å². The highest BCUT2D eigenvalue weighted by Gasteiger charge is 2.27. The van der Waals surface area contributed by atoms with Gasteiger partial charge in [-0.3, -0.25) is 24.0 Å². The first kappa shape index (κ1) is 35.7. The summed E-state index contributed by atoms with van der Waals surface area (Å²) in [4.78, 5) is 44.1. The zero-order valence-electron chi connectivity index (χ0n) is 27.1. The van der Waals surface area contributed by atoms with Gasteiger partial charge in [-0.15, -0.1) is 12.4 Å². The fourth-order valence-corrected chi connectivity index (χ4v) is 5.08. The molecule has 3 aromatic carbocycles. The second kappa shape index (κ2) is 15.1. The van der Waals surface area contributed by atoms with Crippen LogP contribution in [0.2, 0.25) is 0 Å². The number of methoxy groups -OCH3 is 1. The molecule has 0 aliphatic rings. The van der Waals surface area contributed by atoms with Crippen molar-refractivity contribution in [2.24, 2.45) is 11.7 Å². The van der Waals surface area contributed by atoms with Crippen LogP contribution in [0.25, 0.3) is 16.6 Å². The van der Waals surface area contributed by atoms with Gasteiger partial charge in [-0.25, -0.2) is 9.07 Å². The minimum absolute atomic E-state index is 0. The van der Waals surface area contributed by atoms with Gasteiger partial charge in [-0.1, -0.05) is 32.0 Å². The number of esters is 1. The summed E-state index contributed by atoms with van der Waals surface area (Å²) < 4.78 is 34.9. The molecule has 0 saturated heterocycles. The van der Waals surface area contributed by atoms with E-state index in [1.165, 1.54) is 16.8 Å². The van der Waals surface area contributed by atoms with E-state index in [4.69, 9.17) is 19.9 Å². The van der Waals surface area contributed by atoms with E-state index in [2.05, 4.69) is 10.3 Å². The maximum absolute atomic E-state index is 15.3. The number of nitrogens with zero attached hydrogens (tertiary/aromatic N) is 3. The number of rotatable bonds is 11. The van der Waals surface area contributed by atoms with Crippen molar-refractivity contribution in [1.82, 2.24) is 14.3 Å². The number of amides is 1. The predicted octanol–water partition coefficient (Wildman–Crippen LogP) is 6.02. The molecule has 5 aromatic rings. The molecule has 0 saturated carbocycles. The summed E-state index contributed by atoms with van der Waals surface area (Å²) in [6, 6.07) is 18.8. The van der Waals surface area contributed by atoms with E-state index < -0.39 is 35.4 Å². The second-order valence-electron chi connectivity index (χ2n) is 11.4. The first-order valence-electron chi connectivity index (χ1n) is 15.0. The number of para-hydroxylation sites is 1. The molecule has 2 atom stereocenters. The normalized spacial score (nSPS) is 12.2. The van der Waals surface area contributed by atoms with Crippen LogP contribution >= 0.6 is 12.4 Å². The van der Waals surface area contributed by atoms with Crippen LogP contribution in [-0.2, 0) is 16.1 Å². The number of nitrogens with one attached hydrogen (secondary N) is 1. The molecule has 2 aromatic heterocycles. The van der Waals surface area contributed by atoms with Crippen molar-refractivity contribution in [3.05, 3.63) is 106 Å². The Morgan fingerprint density at radius 2 is 1.73 bits per heavy atom. The first-order valence-corrected chi connectivity index (χ1v) is 15.0. The van der Waals surface area contributed by atoms with E-state index in [1.54, 1.807) is 86.4 Å². The molecule has 2 unspecified atom stereocenters. The summed E-state index contributed by atoms with van der Waals surface area (Å²) in [6.07, 6.45) is 0.871. The minimum Gasteiger partial charge on any atom is -0.497 e. The molecule has 48 heavy (non-hydrogen) atoms. The summed E-state index contributed by atoms with van der Waals surface area (Å²) in [5.41, 5.74) is 6.78. The third kappa shape index (κ3) is 7.50. The number of benzene rings is 3. The lowest BCUT2D eigenvalue weighted by Crippen LogP contribution is -2.39. The number of hydrogen-bond acceptors (Lipinski definition) is 8. The lowest BCUT2D eigenvalue weighted by Gasteiger charge is -2.21. The molecular formula is C35H37ClFN5O6. The number of anilines is 1. The van der Waals surface area contributed by atoms with E-state index in [-0.39, 0.29) is 41.9 Å². The van der Waals surface area contributed by atoms with Crippen molar-refractivity contribution in [3.63, 3.8) is 0 Å². The Kier molecular flexibility index (Phi) is 11.2. The molecule has 0 aliphatic carbocycles. The molecular weight excluding hydrogens is 641 g/mol. The smallest absolute Gasteiger partial charge is 0.323 e. The number of fused-ring (bicyclic) bond motifs is 1. The maximum Gasteiger partial charge on any atom is 0.323 e. The van der Waals surface area contributed by atoms with Crippen molar-refractivity contribution < 1.29 is 28.2 Å². The van der Waals surface area contributed by atoms with Gasteiger partial charge < -0.3 is 25.3 Å². The van der Waals surface area contributed by atoms with Crippen molar-refractivity contribution in [2.75, 3.05) is 12.4 Å². The number of halogens is 2. The van der Waals surface area contributed by atoms with Crippen LogP contribution in [0.1, 0.15) is 36.8 Å². The molecule has 5 rings (SSSR count). The van der Waals surface area contributed by atoms with Crippen molar-refractivity contribution >= 4 is 40.9 Å². The second-order valence-corrected chi connectivity index (χ2v) is 11.4. The number of nitrogens with two attached hydrogens (primary N) is 1. The lowest BCUT2D eigenvalue weighted by molar-refractivity contribution is -0.151. The van der Waals surface area contributed by atoms with Crippen LogP contribution in [0.3, 0.4) is 0 Å². The molecule has 0 fully saturated rings. The highest BCUT2D eigenvalue weighted by Crippen LogP contribution is 2.33. The molecule has 13 heteroatoms. The maximum atomic E-state index is 15.3. The van der Waals surface area contributed by atoms with Gasteiger partial charge in [0.05, 0.1) is 30.6 Å². The number of hydrogen-bond donors (Lipinski definition) is 2. The molecule has 3 N–H and O–H groups in total. The standard InChI is InChI=1S/C35H36FN5O6.ClH/c1-20(2)32(37)35(44)46-21(3)19-40-22(4)31(34(43)41(40)24-9-7-6-8-10-24)33(42)39-23-11-14-30(27(36)17-23)47-29-15-16-38-28-18-25(45-5)12-13-26(28)29;/h6-18,20-21,32H,19,37H2,1-5H3,(H,39,42);1H. The Morgan fingerprint density at radius 1 is 1.00 bits per heavy atom. The molecule has 1 amide bonds. The summed E-state index contributed by atoms with van der Waals surface area (Å²) >= 11 is 0. The van der Waals surface area contributed by atoms with Gasteiger partial charge >= 0.3 is 5.97 Å². The van der Waals surface area contributed by atoms with Gasteiger partial charge in [0.1, 0.15) is 29.2 Å². The predicted molar refractivity (Wildman–Crippen MR) is 183 cm³/mol. The Hall–Kier alpha value is -5.20. The third-order valence-electron chi connectivity index (χ3n) is 7.68. The van der Waals surface area contributed by atoms with Crippen molar-refractivity contribution in [1.29, 1.82) is 0 Å². The number of pyridine rings is 1. The highest BCUT2D eigenvalue weighted by molar-refractivity contribution is 6.05. The van der Waals surface area contributed by atoms with Crippen LogP contribution in [0.4, 0.5) is 10.1 Å². The zero-order valence-corrected chi connectivity index (χ0v) is 27.9. The molecule has 0 bridgehead atoms. The molecule has 252 valence electrons. The molecule has 0 aliphatic heterocycles. The summed E-state index contributed by atoms with van der Waals surface area (Å²) in [6.45, 7) is 7.00. The largest absolute Gasteiger partial charge is 0.497 e. The third-order valence-corrected chi connectivity index (χ3v) is 7.68. The Morgan fingerprint density at radius 3 is 2.40 bits per heavy atom. The van der Waals surface area contributed by atoms with E-state index in [0.717, 1.165) is 6.07 Å². The van der Waals surface area contributed by atoms with Crippen LogP contribution in [-0.4, -0.2) is 45.5 Å². The average molecular weight is 678 g/mol. The van der Waals surface area contributed by atoms with Gasteiger partial charge in [-0.05, 0) is 62.2 Å². The average Bonchev–Trinajstić information content (AvgIpc) is 3.29. The fourth-order valence-electron chi connectivity index (χ4n) is 5.08. The van der Waals surface area contributed by atoms with Gasteiger partial charge in [0.15, 0.2) is 11.6 Å². The molecule has 0 radical (unpaired) electrons. The van der Waals surface area contributed by atoms with Crippen LogP contribution in [0.15, 0.2) is 83.8 Å². The molecule has 2 heterocycles. The van der Waals surface area contributed by atoms with Gasteiger partial charge in [0.2, 0.25) is 0 Å². The molecule has 11 nitrogen and oxygen atoms in total. The number of carbonyl (C=O) groups excluding carboxylic acids is 2. The monoisotopic (exact) mass is 677 g/mol.